The van der Waals surface area contributed by atoms with Crippen molar-refractivity contribution in [3.8, 4) is 5.75 Å². The Hall–Kier alpha value is -2.13. The van der Waals surface area contributed by atoms with Gasteiger partial charge in [-0.25, -0.2) is 0 Å². The van der Waals surface area contributed by atoms with Crippen LogP contribution in [0.5, 0.6) is 5.75 Å². The Morgan fingerprint density at radius 2 is 1.61 bits per heavy atom. The van der Waals surface area contributed by atoms with Gasteiger partial charge in [0.25, 0.3) is 0 Å². The summed E-state index contributed by atoms with van der Waals surface area (Å²) in [5.74, 6) is 0.625. The van der Waals surface area contributed by atoms with E-state index < -0.39 is 6.10 Å². The summed E-state index contributed by atoms with van der Waals surface area (Å²) in [6, 6.07) is 14.7. The van der Waals surface area contributed by atoms with Crippen LogP contribution in [0.3, 0.4) is 0 Å². The van der Waals surface area contributed by atoms with E-state index in [2.05, 4.69) is 20.8 Å². The van der Waals surface area contributed by atoms with E-state index in [1.807, 2.05) is 24.3 Å². The molecule has 1 unspecified atom stereocenters. The fourth-order valence-electron chi connectivity index (χ4n) is 2.39. The van der Waals surface area contributed by atoms with Crippen LogP contribution in [0.15, 0.2) is 48.5 Å². The maximum absolute atomic E-state index is 12.3. The summed E-state index contributed by atoms with van der Waals surface area (Å²) in [6.07, 6.45) is -0.722. The normalized spacial score (nSPS) is 12.7. The second kappa shape index (κ2) is 6.97. The van der Waals surface area contributed by atoms with Crippen LogP contribution < -0.4 is 4.74 Å². The molecule has 0 spiro atoms. The Morgan fingerprint density at radius 3 is 2.09 bits per heavy atom. The van der Waals surface area contributed by atoms with E-state index in [4.69, 9.17) is 4.74 Å². The molecule has 2 aromatic carbocycles. The quantitative estimate of drug-likeness (QED) is 0.837. The second-order valence-electron chi connectivity index (χ2n) is 6.74. The molecule has 0 fully saturated rings. The maximum atomic E-state index is 12.3. The van der Waals surface area contributed by atoms with Crippen LogP contribution >= 0.6 is 0 Å². The molecule has 122 valence electrons. The van der Waals surface area contributed by atoms with Crippen molar-refractivity contribution >= 4 is 5.78 Å². The molecule has 1 N–H and O–H groups in total. The van der Waals surface area contributed by atoms with E-state index in [1.54, 1.807) is 31.4 Å². The lowest BCUT2D eigenvalue weighted by atomic mass is 9.86. The van der Waals surface area contributed by atoms with E-state index in [0.29, 0.717) is 11.3 Å². The Labute approximate surface area is 137 Å². The number of hydrogen-bond donors (Lipinski definition) is 1. The monoisotopic (exact) mass is 312 g/mol. The van der Waals surface area contributed by atoms with Gasteiger partial charge in [0, 0.05) is 12.0 Å². The van der Waals surface area contributed by atoms with Gasteiger partial charge in [-0.15, -0.1) is 0 Å². The summed E-state index contributed by atoms with van der Waals surface area (Å²) in [4.78, 5) is 12.3. The molecule has 2 aromatic rings. The number of ketones is 1. The molecule has 0 aliphatic heterocycles. The molecule has 0 aliphatic carbocycles. The summed E-state index contributed by atoms with van der Waals surface area (Å²) in [6.45, 7) is 6.43. The number of carbonyl (C=O) groups is 1. The third kappa shape index (κ3) is 4.42. The zero-order valence-corrected chi connectivity index (χ0v) is 14.2. The third-order valence-corrected chi connectivity index (χ3v) is 3.95. The molecule has 0 amide bonds. The number of carbonyl (C=O) groups excluding carboxylic acids is 1. The van der Waals surface area contributed by atoms with Gasteiger partial charge in [0.2, 0.25) is 0 Å². The van der Waals surface area contributed by atoms with Crippen molar-refractivity contribution in [1.29, 1.82) is 0 Å². The highest BCUT2D eigenvalue weighted by Gasteiger charge is 2.17. The minimum Gasteiger partial charge on any atom is -0.497 e. The number of methoxy groups -OCH3 is 1. The highest BCUT2D eigenvalue weighted by molar-refractivity contribution is 5.96. The third-order valence-electron chi connectivity index (χ3n) is 3.95. The number of Topliss-reactive ketones (excluding diaryl/α,β-unsaturated/α-hetero) is 1. The van der Waals surface area contributed by atoms with Crippen molar-refractivity contribution in [1.82, 2.24) is 0 Å². The van der Waals surface area contributed by atoms with Crippen LogP contribution in [0.2, 0.25) is 0 Å². The lowest BCUT2D eigenvalue weighted by Gasteiger charge is -2.20. The van der Waals surface area contributed by atoms with Gasteiger partial charge in [-0.3, -0.25) is 4.79 Å². The molecule has 2 rings (SSSR count). The van der Waals surface area contributed by atoms with Gasteiger partial charge in [-0.05, 0) is 40.8 Å². The molecule has 0 aromatic heterocycles. The molecular weight excluding hydrogens is 288 g/mol. The second-order valence-corrected chi connectivity index (χ2v) is 6.74. The minimum absolute atomic E-state index is 0.0706. The first-order chi connectivity index (χ1) is 10.8. The highest BCUT2D eigenvalue weighted by Crippen LogP contribution is 2.25. The van der Waals surface area contributed by atoms with Gasteiger partial charge in [0.1, 0.15) is 5.75 Å². The highest BCUT2D eigenvalue weighted by atomic mass is 16.5. The Kier molecular flexibility index (Phi) is 5.22. The molecule has 1 atom stereocenters. The molecule has 0 bridgehead atoms. The van der Waals surface area contributed by atoms with Crippen LogP contribution in [0.4, 0.5) is 0 Å². The first-order valence-electron chi connectivity index (χ1n) is 7.77. The van der Waals surface area contributed by atoms with E-state index >= 15 is 0 Å². The molecule has 23 heavy (non-hydrogen) atoms. The summed E-state index contributed by atoms with van der Waals surface area (Å²) in [5.41, 5.74) is 2.62. The van der Waals surface area contributed by atoms with Crippen molar-refractivity contribution in [2.75, 3.05) is 7.11 Å². The average Bonchev–Trinajstić information content (AvgIpc) is 2.54. The van der Waals surface area contributed by atoms with Gasteiger partial charge < -0.3 is 9.84 Å². The first kappa shape index (κ1) is 17.2. The fourth-order valence-corrected chi connectivity index (χ4v) is 2.39. The number of hydrogen-bond acceptors (Lipinski definition) is 3. The van der Waals surface area contributed by atoms with Crippen LogP contribution in [-0.4, -0.2) is 18.0 Å². The van der Waals surface area contributed by atoms with Gasteiger partial charge in [-0.1, -0.05) is 45.0 Å². The number of benzene rings is 2. The summed E-state index contributed by atoms with van der Waals surface area (Å²) in [5, 5.41) is 10.3. The van der Waals surface area contributed by atoms with Crippen LogP contribution in [0.1, 0.15) is 54.8 Å². The summed E-state index contributed by atoms with van der Waals surface area (Å²) < 4.78 is 5.08. The standard InChI is InChI=1S/C20H24O3/c1-20(2,3)16-9-5-14(6-10-16)18(21)13-19(22)15-7-11-17(23-4)12-8-15/h5-12,18,21H,13H2,1-4H3. The van der Waals surface area contributed by atoms with Crippen LogP contribution in [0.25, 0.3) is 0 Å². The van der Waals surface area contributed by atoms with Crippen LogP contribution in [-0.2, 0) is 5.41 Å². The number of rotatable bonds is 5. The van der Waals surface area contributed by atoms with E-state index in [9.17, 15) is 9.90 Å². The van der Waals surface area contributed by atoms with Crippen molar-refractivity contribution in [3.05, 3.63) is 65.2 Å². The smallest absolute Gasteiger partial charge is 0.165 e. The van der Waals surface area contributed by atoms with E-state index in [1.165, 1.54) is 5.56 Å². The number of aliphatic hydroxyl groups excluding tert-OH is 1. The maximum Gasteiger partial charge on any atom is 0.165 e. The lowest BCUT2D eigenvalue weighted by Crippen LogP contribution is -2.12. The van der Waals surface area contributed by atoms with Crippen molar-refractivity contribution < 1.29 is 14.6 Å². The van der Waals surface area contributed by atoms with Gasteiger partial charge in [-0.2, -0.15) is 0 Å². The van der Waals surface area contributed by atoms with Crippen molar-refractivity contribution in [2.24, 2.45) is 0 Å². The van der Waals surface area contributed by atoms with E-state index in [0.717, 1.165) is 5.56 Å². The van der Waals surface area contributed by atoms with Crippen molar-refractivity contribution in [3.63, 3.8) is 0 Å². The predicted molar refractivity (Wildman–Crippen MR) is 92.0 cm³/mol. The predicted octanol–water partition coefficient (Wildman–Crippen LogP) is 4.30. The lowest BCUT2D eigenvalue weighted by molar-refractivity contribution is 0.0880. The molecular formula is C20H24O3. The molecule has 0 saturated carbocycles. The summed E-state index contributed by atoms with van der Waals surface area (Å²) >= 11 is 0. The number of ether oxygens (including phenoxy) is 1. The molecule has 3 nitrogen and oxygen atoms in total. The minimum atomic E-state index is -0.793. The molecule has 0 heterocycles. The average molecular weight is 312 g/mol. The van der Waals surface area contributed by atoms with Gasteiger partial charge >= 0.3 is 0 Å². The zero-order chi connectivity index (χ0) is 17.0. The Bertz CT molecular complexity index is 649. The topological polar surface area (TPSA) is 46.5 Å². The van der Waals surface area contributed by atoms with Crippen molar-refractivity contribution in [2.45, 2.75) is 38.7 Å². The first-order valence-corrected chi connectivity index (χ1v) is 7.77. The fraction of sp³-hybridized carbons (Fsp3) is 0.350. The molecule has 0 radical (unpaired) electrons. The molecule has 0 saturated heterocycles. The van der Waals surface area contributed by atoms with Crippen LogP contribution in [0, 0.1) is 0 Å². The molecule has 0 aliphatic rings. The van der Waals surface area contributed by atoms with Gasteiger partial charge in [0.15, 0.2) is 5.78 Å². The Balaban J connectivity index is 2.05. The van der Waals surface area contributed by atoms with Gasteiger partial charge in [0.05, 0.1) is 13.2 Å². The Morgan fingerprint density at radius 1 is 1.04 bits per heavy atom. The SMILES string of the molecule is COc1ccc(C(=O)CC(O)c2ccc(C(C)(C)C)cc2)cc1. The largest absolute Gasteiger partial charge is 0.497 e. The number of aliphatic hydroxyl groups is 1. The summed E-state index contributed by atoms with van der Waals surface area (Å²) in [7, 11) is 1.59. The van der Waals surface area contributed by atoms with E-state index in [-0.39, 0.29) is 17.6 Å². The molecule has 3 heteroatoms. The zero-order valence-electron chi connectivity index (χ0n) is 14.2.